The summed E-state index contributed by atoms with van der Waals surface area (Å²) >= 11 is 0. The molecule has 0 unspecified atom stereocenters. The van der Waals surface area contributed by atoms with Gasteiger partial charge in [0.15, 0.2) is 5.78 Å². The number of hydrogen-bond acceptors (Lipinski definition) is 6. The third kappa shape index (κ3) is 3.83. The Bertz CT molecular complexity index is 1180. The molecule has 3 aliphatic heterocycles. The summed E-state index contributed by atoms with van der Waals surface area (Å²) in [7, 11) is 1.45. The molecule has 4 atom stereocenters. The topological polar surface area (TPSA) is 94.2 Å². The van der Waals surface area contributed by atoms with Gasteiger partial charge >= 0.3 is 6.09 Å². The number of para-hydroxylation sites is 1. The fourth-order valence-corrected chi connectivity index (χ4v) is 5.51. The summed E-state index contributed by atoms with van der Waals surface area (Å²) in [6.07, 6.45) is 1.08. The number of rotatable bonds is 6. The van der Waals surface area contributed by atoms with E-state index in [4.69, 9.17) is 14.3 Å². The first-order valence-electron chi connectivity index (χ1n) is 11.8. The van der Waals surface area contributed by atoms with Gasteiger partial charge in [0.05, 0.1) is 25.5 Å². The fraction of sp³-hybridized carbons (Fsp3) is 0.370. The number of ether oxygens (including phenoxy) is 2. The Hall–Kier alpha value is -3.49. The first kappa shape index (κ1) is 23.3. The van der Waals surface area contributed by atoms with Gasteiger partial charge in [0.1, 0.15) is 12.0 Å². The fourth-order valence-electron chi connectivity index (χ4n) is 5.51. The van der Waals surface area contributed by atoms with Crippen molar-refractivity contribution < 1.29 is 28.7 Å². The van der Waals surface area contributed by atoms with Gasteiger partial charge < -0.3 is 14.8 Å². The third-order valence-corrected chi connectivity index (χ3v) is 7.21. The molecular weight excluding hydrogens is 448 g/mol. The molecule has 0 radical (unpaired) electrons. The maximum atomic E-state index is 13.9. The number of hydroxylamine groups is 1. The number of fused-ring (bicyclic) bond motifs is 3. The molecule has 2 aromatic rings. The van der Waals surface area contributed by atoms with Gasteiger partial charge in [-0.1, -0.05) is 55.5 Å². The zero-order valence-electron chi connectivity index (χ0n) is 19.7. The van der Waals surface area contributed by atoms with Crippen LogP contribution in [0.15, 0.2) is 66.2 Å². The van der Waals surface area contributed by atoms with Crippen molar-refractivity contribution in [3.05, 3.63) is 77.4 Å². The Kier molecular flexibility index (Phi) is 6.17. The number of amides is 2. The Balaban J connectivity index is 1.51. The number of carbonyl (C=O) groups is 3. The van der Waals surface area contributed by atoms with Crippen molar-refractivity contribution >= 4 is 23.5 Å². The molecule has 3 heterocycles. The average molecular weight is 477 g/mol. The summed E-state index contributed by atoms with van der Waals surface area (Å²) in [6.45, 7) is 2.14. The zero-order valence-corrected chi connectivity index (χ0v) is 19.7. The molecule has 1 fully saturated rings. The van der Waals surface area contributed by atoms with Crippen LogP contribution in [0.3, 0.4) is 0 Å². The van der Waals surface area contributed by atoms with Gasteiger partial charge in [-0.3, -0.25) is 14.4 Å². The summed E-state index contributed by atoms with van der Waals surface area (Å²) in [5.74, 6) is -0.691. The minimum absolute atomic E-state index is 0.0212. The first-order chi connectivity index (χ1) is 17.0. The van der Waals surface area contributed by atoms with Crippen LogP contribution in [0.5, 0.6) is 0 Å². The van der Waals surface area contributed by atoms with Crippen molar-refractivity contribution in [1.29, 1.82) is 0 Å². The van der Waals surface area contributed by atoms with Crippen LogP contribution in [0.4, 0.5) is 10.5 Å². The van der Waals surface area contributed by atoms with Crippen LogP contribution in [0.1, 0.15) is 30.9 Å². The molecule has 2 amide bonds. The number of nitrogens with one attached hydrogen (secondary N) is 1. The van der Waals surface area contributed by atoms with E-state index >= 15 is 0 Å². The standard InChI is InChI=1S/C27H28N2O6/c1-3-23(30)18-13-24-27(20-11-7-8-12-22(20)29(33-2)25(27)31)14-21(19(18)16-34-24)28-26(32)35-15-17-9-5-4-6-10-17/h4-13,19,21,24H,3,14-16H2,1-2H3,(H,28,32)/t19-,21+,24-,27+/m1/s1. The van der Waals surface area contributed by atoms with Crippen LogP contribution in [-0.4, -0.2) is 43.6 Å². The summed E-state index contributed by atoms with van der Waals surface area (Å²) in [4.78, 5) is 45.1. The molecule has 2 aromatic carbocycles. The second-order valence-corrected chi connectivity index (χ2v) is 9.05. The Morgan fingerprint density at radius 3 is 2.63 bits per heavy atom. The van der Waals surface area contributed by atoms with E-state index in [0.717, 1.165) is 11.1 Å². The molecule has 6 rings (SSSR count). The molecule has 4 aliphatic rings. The molecule has 0 aromatic heterocycles. The van der Waals surface area contributed by atoms with Crippen LogP contribution in [-0.2, 0) is 35.9 Å². The van der Waals surface area contributed by atoms with Crippen molar-refractivity contribution in [2.45, 2.75) is 43.9 Å². The molecule has 35 heavy (non-hydrogen) atoms. The summed E-state index contributed by atoms with van der Waals surface area (Å²) < 4.78 is 11.7. The highest BCUT2D eigenvalue weighted by Gasteiger charge is 2.61. The minimum Gasteiger partial charge on any atom is -0.445 e. The molecule has 1 aliphatic carbocycles. The van der Waals surface area contributed by atoms with Crippen molar-refractivity contribution in [1.82, 2.24) is 5.32 Å². The van der Waals surface area contributed by atoms with E-state index in [1.807, 2.05) is 54.6 Å². The van der Waals surface area contributed by atoms with Crippen LogP contribution in [0.2, 0.25) is 0 Å². The SMILES string of the molecule is CCC(=O)C1=C[C@H]2OC[C@H]1[C@@H](NC(=O)OCc1ccccc1)C[C@@]21C(=O)N(OC)c2ccccc21. The normalized spacial score (nSPS) is 26.8. The number of alkyl carbamates (subject to hydrolysis) is 1. The van der Waals surface area contributed by atoms with E-state index in [1.165, 1.54) is 12.2 Å². The number of nitrogens with zero attached hydrogens (tertiary/aromatic N) is 1. The summed E-state index contributed by atoms with van der Waals surface area (Å²) in [5.41, 5.74) is 1.70. The second kappa shape index (κ2) is 9.28. The van der Waals surface area contributed by atoms with Crippen LogP contribution in [0.25, 0.3) is 0 Å². The number of hydrogen-bond donors (Lipinski definition) is 1. The highest BCUT2D eigenvalue weighted by atomic mass is 16.7. The van der Waals surface area contributed by atoms with Crippen molar-refractivity contribution in [3.8, 4) is 0 Å². The van der Waals surface area contributed by atoms with E-state index in [0.29, 0.717) is 17.7 Å². The number of benzene rings is 2. The van der Waals surface area contributed by atoms with Crippen molar-refractivity contribution in [2.75, 3.05) is 18.8 Å². The molecule has 2 bridgehead atoms. The molecule has 8 heteroatoms. The van der Waals surface area contributed by atoms with E-state index < -0.39 is 23.7 Å². The van der Waals surface area contributed by atoms with Gasteiger partial charge in [-0.15, -0.1) is 0 Å². The van der Waals surface area contributed by atoms with Gasteiger partial charge in [-0.25, -0.2) is 4.79 Å². The Morgan fingerprint density at radius 2 is 1.89 bits per heavy atom. The number of anilines is 1. The molecule has 182 valence electrons. The quantitative estimate of drug-likeness (QED) is 0.686. The largest absolute Gasteiger partial charge is 0.445 e. The van der Waals surface area contributed by atoms with Crippen LogP contribution >= 0.6 is 0 Å². The van der Waals surface area contributed by atoms with Gasteiger partial charge in [0.25, 0.3) is 5.91 Å². The molecule has 8 nitrogen and oxygen atoms in total. The summed E-state index contributed by atoms with van der Waals surface area (Å²) in [5, 5.41) is 4.23. The first-order valence-corrected chi connectivity index (χ1v) is 11.8. The number of carbonyl (C=O) groups excluding carboxylic acids is 3. The summed E-state index contributed by atoms with van der Waals surface area (Å²) in [6, 6.07) is 16.2. The third-order valence-electron chi connectivity index (χ3n) is 7.21. The van der Waals surface area contributed by atoms with E-state index in [-0.39, 0.29) is 37.2 Å². The molecule has 0 saturated carbocycles. The lowest BCUT2D eigenvalue weighted by atomic mass is 9.72. The molecule has 1 saturated heterocycles. The highest BCUT2D eigenvalue weighted by molar-refractivity contribution is 6.08. The zero-order chi connectivity index (χ0) is 24.6. The maximum Gasteiger partial charge on any atom is 0.407 e. The van der Waals surface area contributed by atoms with Gasteiger partial charge in [-0.05, 0) is 29.7 Å². The van der Waals surface area contributed by atoms with Crippen molar-refractivity contribution in [2.24, 2.45) is 5.92 Å². The second-order valence-electron chi connectivity index (χ2n) is 9.05. The van der Waals surface area contributed by atoms with Crippen LogP contribution < -0.4 is 10.4 Å². The van der Waals surface area contributed by atoms with Gasteiger partial charge in [0.2, 0.25) is 0 Å². The predicted octanol–water partition coefficient (Wildman–Crippen LogP) is 3.45. The average Bonchev–Trinajstić information content (AvgIpc) is 2.98. The van der Waals surface area contributed by atoms with Gasteiger partial charge in [-0.2, -0.15) is 5.06 Å². The lowest BCUT2D eigenvalue weighted by Gasteiger charge is -2.33. The van der Waals surface area contributed by atoms with Crippen molar-refractivity contribution in [3.63, 3.8) is 0 Å². The number of ketones is 1. The number of Topliss-reactive ketones (excluding diaryl/α,β-unsaturated/α-hetero) is 1. The maximum absolute atomic E-state index is 13.9. The monoisotopic (exact) mass is 476 g/mol. The molecule has 1 spiro atoms. The van der Waals surface area contributed by atoms with E-state index in [1.54, 1.807) is 13.0 Å². The Morgan fingerprint density at radius 1 is 1.14 bits per heavy atom. The predicted molar refractivity (Wildman–Crippen MR) is 127 cm³/mol. The smallest absolute Gasteiger partial charge is 0.407 e. The molecular formula is C27H28N2O6. The van der Waals surface area contributed by atoms with Gasteiger partial charge in [0, 0.05) is 24.0 Å². The Labute approximate surface area is 203 Å². The lowest BCUT2D eigenvalue weighted by molar-refractivity contribution is -0.133. The van der Waals surface area contributed by atoms with E-state index in [2.05, 4.69) is 5.32 Å². The lowest BCUT2D eigenvalue weighted by Crippen LogP contribution is -2.51. The van der Waals surface area contributed by atoms with Crippen LogP contribution in [0, 0.1) is 5.92 Å². The minimum atomic E-state index is -1.14. The molecule has 1 N–H and O–H groups in total. The van der Waals surface area contributed by atoms with E-state index in [9.17, 15) is 14.4 Å². The highest BCUT2D eigenvalue weighted by Crippen LogP contribution is 2.52.